The number of ether oxygens (including phenoxy) is 2. The van der Waals surface area contributed by atoms with Gasteiger partial charge in [-0.15, -0.1) is 0 Å². The van der Waals surface area contributed by atoms with Crippen LogP contribution in [-0.2, 0) is 4.79 Å². The third-order valence-electron chi connectivity index (χ3n) is 7.49. The van der Waals surface area contributed by atoms with Gasteiger partial charge in [-0.05, 0) is 78.6 Å². The highest BCUT2D eigenvalue weighted by Gasteiger charge is 2.19. The van der Waals surface area contributed by atoms with Crippen LogP contribution in [0.2, 0.25) is 0 Å². The molecule has 0 spiro atoms. The van der Waals surface area contributed by atoms with Gasteiger partial charge in [-0.3, -0.25) is 9.59 Å². The Kier molecular flexibility index (Phi) is 9.46. The summed E-state index contributed by atoms with van der Waals surface area (Å²) < 4.78 is 26.5. The number of methoxy groups -OCH3 is 1. The zero-order valence-electron chi connectivity index (χ0n) is 26.7. The largest absolute Gasteiger partial charge is 0.496 e. The van der Waals surface area contributed by atoms with Crippen molar-refractivity contribution >= 4 is 34.4 Å². The molecule has 1 amide bonds. The fraction of sp³-hybridized carbons (Fsp3) is 0.222. The van der Waals surface area contributed by atoms with Crippen LogP contribution in [0.25, 0.3) is 22.3 Å². The summed E-state index contributed by atoms with van der Waals surface area (Å²) in [7, 11) is 5.42. The van der Waals surface area contributed by atoms with Gasteiger partial charge in [0.2, 0.25) is 0 Å². The number of aryl methyl sites for hydroxylation is 1. The smallest absolute Gasteiger partial charge is 0.282 e. The van der Waals surface area contributed by atoms with Gasteiger partial charge >= 0.3 is 0 Å². The molecule has 1 N–H and O–H groups in total. The average molecular weight is 622 g/mol. The molecule has 4 aromatic carbocycles. The number of fused-ring (bicyclic) bond motifs is 1. The van der Waals surface area contributed by atoms with E-state index in [0.717, 1.165) is 28.1 Å². The molecule has 46 heavy (non-hydrogen) atoms. The van der Waals surface area contributed by atoms with E-state index in [1.807, 2.05) is 50.2 Å². The van der Waals surface area contributed by atoms with Gasteiger partial charge in [0, 0.05) is 42.7 Å². The predicted molar refractivity (Wildman–Crippen MR) is 181 cm³/mol. The van der Waals surface area contributed by atoms with E-state index in [9.17, 15) is 14.0 Å². The van der Waals surface area contributed by atoms with Gasteiger partial charge < -0.3 is 19.7 Å². The summed E-state index contributed by atoms with van der Waals surface area (Å²) in [5.74, 6) is 0.750. The number of carbonyl (C=O) groups is 1. The molecule has 236 valence electrons. The molecule has 0 saturated carbocycles. The highest BCUT2D eigenvalue weighted by Crippen LogP contribution is 2.34. The molecule has 0 saturated heterocycles. The van der Waals surface area contributed by atoms with E-state index >= 15 is 0 Å². The predicted octanol–water partition coefficient (Wildman–Crippen LogP) is 6.61. The molecule has 0 aliphatic carbocycles. The number of benzene rings is 4. The molecule has 0 radical (unpaired) electrons. The molecule has 0 atom stereocenters. The fourth-order valence-electron chi connectivity index (χ4n) is 5.03. The molecular weight excluding hydrogens is 585 g/mol. The number of hydrogen-bond donors (Lipinski definition) is 1. The summed E-state index contributed by atoms with van der Waals surface area (Å²) in [6, 6.07) is 22.2. The second kappa shape index (κ2) is 13.6. The van der Waals surface area contributed by atoms with Crippen LogP contribution in [0.15, 0.2) is 88.8 Å². The van der Waals surface area contributed by atoms with Gasteiger partial charge in [0.05, 0.1) is 24.2 Å². The maximum atomic E-state index is 13.9. The standard InChI is InChI=1S/C36H36FN5O4/c1-22(2)29-19-30(23(3)16-33(29)45-6)35-40-31-13-8-7-12-28(31)36(44)42(35)38-20-24-14-15-27(41(4)5)18-32(24)46-21-34(43)39-26-11-9-10-25(37)17-26/h7-20,22H,21H2,1-6H3,(H,39,43). The molecule has 0 unspecified atom stereocenters. The Balaban J connectivity index is 1.57. The molecular formula is C36H36FN5O4. The number of aromatic nitrogens is 2. The minimum atomic E-state index is -0.461. The van der Waals surface area contributed by atoms with Gasteiger partial charge in [0.1, 0.15) is 17.3 Å². The first kappa shape index (κ1) is 31.9. The first-order valence-electron chi connectivity index (χ1n) is 14.8. The van der Waals surface area contributed by atoms with Crippen LogP contribution in [0.5, 0.6) is 11.5 Å². The van der Waals surface area contributed by atoms with Crippen LogP contribution in [-0.4, -0.2) is 49.6 Å². The van der Waals surface area contributed by atoms with E-state index in [0.29, 0.717) is 33.7 Å². The summed E-state index contributed by atoms with van der Waals surface area (Å²) in [5.41, 5.74) is 4.51. The Bertz CT molecular complexity index is 2000. The second-order valence-corrected chi connectivity index (χ2v) is 11.3. The van der Waals surface area contributed by atoms with Crippen LogP contribution in [0.1, 0.15) is 36.5 Å². The van der Waals surface area contributed by atoms with E-state index < -0.39 is 11.7 Å². The van der Waals surface area contributed by atoms with E-state index in [-0.39, 0.29) is 18.1 Å². The van der Waals surface area contributed by atoms with Crippen molar-refractivity contribution in [3.05, 3.63) is 112 Å². The monoisotopic (exact) mass is 621 g/mol. The fourth-order valence-corrected chi connectivity index (χ4v) is 5.03. The van der Waals surface area contributed by atoms with Gasteiger partial charge in [-0.2, -0.15) is 9.78 Å². The van der Waals surface area contributed by atoms with Crippen LogP contribution in [0.3, 0.4) is 0 Å². The number of para-hydroxylation sites is 1. The second-order valence-electron chi connectivity index (χ2n) is 11.3. The van der Waals surface area contributed by atoms with E-state index in [1.165, 1.54) is 29.1 Å². The summed E-state index contributed by atoms with van der Waals surface area (Å²) in [6.07, 6.45) is 1.52. The number of anilines is 2. The first-order chi connectivity index (χ1) is 22.0. The van der Waals surface area contributed by atoms with Crippen LogP contribution in [0.4, 0.5) is 15.8 Å². The number of hydrogen-bond acceptors (Lipinski definition) is 7. The topological polar surface area (TPSA) is 98.1 Å². The summed E-state index contributed by atoms with van der Waals surface area (Å²) >= 11 is 0. The number of nitrogens with one attached hydrogen (secondary N) is 1. The third kappa shape index (κ3) is 6.91. The normalized spacial score (nSPS) is 11.3. The minimum Gasteiger partial charge on any atom is -0.496 e. The lowest BCUT2D eigenvalue weighted by Gasteiger charge is -2.18. The van der Waals surface area contributed by atoms with Crippen molar-refractivity contribution in [2.75, 3.05) is 38.0 Å². The highest BCUT2D eigenvalue weighted by atomic mass is 19.1. The Morgan fingerprint density at radius 1 is 1.04 bits per heavy atom. The van der Waals surface area contributed by atoms with Crippen molar-refractivity contribution < 1.29 is 18.7 Å². The molecule has 0 fully saturated rings. The molecule has 5 aromatic rings. The maximum absolute atomic E-state index is 13.9. The quantitative estimate of drug-likeness (QED) is 0.176. The van der Waals surface area contributed by atoms with Crippen molar-refractivity contribution in [2.24, 2.45) is 5.10 Å². The Labute approximate surface area is 266 Å². The van der Waals surface area contributed by atoms with E-state index in [2.05, 4.69) is 24.3 Å². The maximum Gasteiger partial charge on any atom is 0.282 e. The van der Waals surface area contributed by atoms with Crippen molar-refractivity contribution in [3.8, 4) is 22.9 Å². The third-order valence-corrected chi connectivity index (χ3v) is 7.49. The number of carbonyl (C=O) groups excluding carboxylic acids is 1. The first-order valence-corrected chi connectivity index (χ1v) is 14.8. The van der Waals surface area contributed by atoms with Gasteiger partial charge in [0.25, 0.3) is 11.5 Å². The summed E-state index contributed by atoms with van der Waals surface area (Å²) in [5, 5.41) is 7.71. The number of amides is 1. The SMILES string of the molecule is COc1cc(C)c(-c2nc3ccccc3c(=O)n2N=Cc2ccc(N(C)C)cc2OCC(=O)Nc2cccc(F)c2)cc1C(C)C. The molecule has 0 bridgehead atoms. The number of halogens is 1. The van der Waals surface area contributed by atoms with Crippen molar-refractivity contribution in [2.45, 2.75) is 26.7 Å². The van der Waals surface area contributed by atoms with Crippen molar-refractivity contribution in [1.82, 2.24) is 9.66 Å². The summed E-state index contributed by atoms with van der Waals surface area (Å²) in [6.45, 7) is 5.76. The lowest BCUT2D eigenvalue weighted by molar-refractivity contribution is -0.118. The molecule has 0 aliphatic heterocycles. The van der Waals surface area contributed by atoms with Gasteiger partial charge in [-0.25, -0.2) is 9.37 Å². The van der Waals surface area contributed by atoms with Gasteiger partial charge in [0.15, 0.2) is 12.4 Å². The minimum absolute atomic E-state index is 0.159. The van der Waals surface area contributed by atoms with Gasteiger partial charge in [-0.1, -0.05) is 32.0 Å². The summed E-state index contributed by atoms with van der Waals surface area (Å²) in [4.78, 5) is 33.4. The molecule has 10 heteroatoms. The van der Waals surface area contributed by atoms with E-state index in [4.69, 9.17) is 14.5 Å². The molecule has 5 rings (SSSR count). The number of nitrogens with zero attached hydrogens (tertiary/aromatic N) is 4. The van der Waals surface area contributed by atoms with Crippen molar-refractivity contribution in [3.63, 3.8) is 0 Å². The molecule has 1 heterocycles. The Morgan fingerprint density at radius 3 is 2.54 bits per heavy atom. The average Bonchev–Trinajstić information content (AvgIpc) is 3.03. The van der Waals surface area contributed by atoms with Crippen LogP contribution in [0, 0.1) is 12.7 Å². The van der Waals surface area contributed by atoms with E-state index in [1.54, 1.807) is 43.5 Å². The number of rotatable bonds is 10. The Morgan fingerprint density at radius 2 is 1.83 bits per heavy atom. The highest BCUT2D eigenvalue weighted by molar-refractivity contribution is 5.92. The molecule has 1 aromatic heterocycles. The zero-order valence-corrected chi connectivity index (χ0v) is 26.7. The van der Waals surface area contributed by atoms with Crippen LogP contribution < -0.4 is 25.2 Å². The zero-order chi connectivity index (χ0) is 33.0. The molecule has 9 nitrogen and oxygen atoms in total. The Hall–Kier alpha value is -5.51. The van der Waals surface area contributed by atoms with Crippen molar-refractivity contribution in [1.29, 1.82) is 0 Å². The molecule has 0 aliphatic rings. The van der Waals surface area contributed by atoms with Crippen LogP contribution >= 0.6 is 0 Å². The lowest BCUT2D eigenvalue weighted by Crippen LogP contribution is -2.21. The lowest BCUT2D eigenvalue weighted by atomic mass is 9.96.